The fourth-order valence-electron chi connectivity index (χ4n) is 3.92. The van der Waals surface area contributed by atoms with Gasteiger partial charge in [0, 0.05) is 34.1 Å². The van der Waals surface area contributed by atoms with Crippen molar-refractivity contribution in [2.75, 3.05) is 6.54 Å². The van der Waals surface area contributed by atoms with E-state index in [0.717, 1.165) is 28.9 Å². The van der Waals surface area contributed by atoms with E-state index in [9.17, 15) is 0 Å². The third-order valence-electron chi connectivity index (χ3n) is 5.54. The summed E-state index contributed by atoms with van der Waals surface area (Å²) in [6.45, 7) is 7.91. The average molecular weight is 496 g/mol. The van der Waals surface area contributed by atoms with Crippen LogP contribution in [0.1, 0.15) is 42.6 Å². The van der Waals surface area contributed by atoms with E-state index in [-0.39, 0.29) is 6.04 Å². The number of thiophene rings is 2. The van der Waals surface area contributed by atoms with Gasteiger partial charge in [-0.1, -0.05) is 17.2 Å². The zero-order valence-electron chi connectivity index (χ0n) is 19.2. The molecule has 5 aromatic rings. The molecule has 0 aliphatic heterocycles. The van der Waals surface area contributed by atoms with Crippen LogP contribution in [0.2, 0.25) is 0 Å². The van der Waals surface area contributed by atoms with E-state index >= 15 is 0 Å². The van der Waals surface area contributed by atoms with Crippen molar-refractivity contribution in [3.8, 4) is 22.8 Å². The van der Waals surface area contributed by atoms with Crippen molar-refractivity contribution in [1.82, 2.24) is 35.0 Å². The lowest BCUT2D eigenvalue weighted by Gasteiger charge is -2.25. The van der Waals surface area contributed by atoms with Crippen LogP contribution in [-0.4, -0.2) is 41.5 Å². The molecule has 0 aromatic carbocycles. The molecular formula is C23H25N7O2S2. The molecule has 0 aliphatic carbocycles. The monoisotopic (exact) mass is 495 g/mol. The standard InChI is InChI=1S/C23H25N7O2S2/c1-4-19(30-16(3)9-15(2)26-30)10-29(11-20-24-22(27-31-20)17-5-7-33-13-17)12-21-25-23(28-32-21)18-6-8-34-14-18/h5-9,13-14,19H,4,10-12H2,1-3H3. The van der Waals surface area contributed by atoms with Gasteiger partial charge in [-0.15, -0.1) is 0 Å². The SMILES string of the molecule is CCC(CN(Cc1nc(-c2ccsc2)no1)Cc1nc(-c2ccsc2)no1)n1nc(C)cc1C. The molecule has 0 radical (unpaired) electrons. The number of aromatic nitrogens is 6. The van der Waals surface area contributed by atoms with E-state index in [1.165, 1.54) is 0 Å². The maximum absolute atomic E-state index is 5.58. The Kier molecular flexibility index (Phi) is 6.66. The van der Waals surface area contributed by atoms with Crippen molar-refractivity contribution in [2.45, 2.75) is 46.3 Å². The van der Waals surface area contributed by atoms with Gasteiger partial charge in [-0.3, -0.25) is 9.58 Å². The summed E-state index contributed by atoms with van der Waals surface area (Å²) in [6.07, 6.45) is 0.923. The molecule has 0 bridgehead atoms. The van der Waals surface area contributed by atoms with Crippen molar-refractivity contribution in [3.63, 3.8) is 0 Å². The topological polar surface area (TPSA) is 98.9 Å². The van der Waals surface area contributed by atoms with Gasteiger partial charge in [0.1, 0.15) is 0 Å². The molecule has 5 aromatic heterocycles. The predicted octanol–water partition coefficient (Wildman–Crippen LogP) is 5.38. The third-order valence-corrected chi connectivity index (χ3v) is 6.91. The van der Waals surface area contributed by atoms with Gasteiger partial charge in [0.2, 0.25) is 23.4 Å². The first kappa shape index (κ1) is 22.6. The molecular weight excluding hydrogens is 470 g/mol. The Morgan fingerprint density at radius 1 is 0.941 bits per heavy atom. The summed E-state index contributed by atoms with van der Waals surface area (Å²) < 4.78 is 13.3. The molecule has 5 rings (SSSR count). The molecule has 0 saturated carbocycles. The highest BCUT2D eigenvalue weighted by atomic mass is 32.1. The van der Waals surface area contributed by atoms with Crippen LogP contribution in [0.25, 0.3) is 22.8 Å². The molecule has 0 amide bonds. The summed E-state index contributed by atoms with van der Waals surface area (Å²) in [7, 11) is 0. The molecule has 1 atom stereocenters. The zero-order chi connectivity index (χ0) is 23.5. The van der Waals surface area contributed by atoms with Crippen LogP contribution < -0.4 is 0 Å². The summed E-state index contributed by atoms with van der Waals surface area (Å²) in [5.41, 5.74) is 4.06. The fourth-order valence-corrected chi connectivity index (χ4v) is 5.19. The van der Waals surface area contributed by atoms with E-state index in [2.05, 4.69) is 49.8 Å². The molecule has 0 saturated heterocycles. The Morgan fingerprint density at radius 3 is 1.97 bits per heavy atom. The Morgan fingerprint density at radius 2 is 1.53 bits per heavy atom. The van der Waals surface area contributed by atoms with E-state index in [4.69, 9.17) is 14.1 Å². The second kappa shape index (κ2) is 10.00. The molecule has 34 heavy (non-hydrogen) atoms. The quantitative estimate of drug-likeness (QED) is 0.255. The van der Waals surface area contributed by atoms with E-state index < -0.39 is 0 Å². The summed E-state index contributed by atoms with van der Waals surface area (Å²) >= 11 is 3.21. The molecule has 9 nitrogen and oxygen atoms in total. The number of rotatable bonds is 10. The van der Waals surface area contributed by atoms with Crippen LogP contribution in [0.3, 0.4) is 0 Å². The first-order valence-corrected chi connectivity index (χ1v) is 12.9. The molecule has 176 valence electrons. The zero-order valence-corrected chi connectivity index (χ0v) is 20.8. The smallest absolute Gasteiger partial charge is 0.241 e. The maximum atomic E-state index is 5.58. The Hall–Kier alpha value is -3.15. The molecule has 0 N–H and O–H groups in total. The first-order valence-electron chi connectivity index (χ1n) is 11.0. The molecule has 5 heterocycles. The van der Waals surface area contributed by atoms with Gasteiger partial charge in [-0.25, -0.2) is 0 Å². The highest BCUT2D eigenvalue weighted by Gasteiger charge is 2.22. The third kappa shape index (κ3) is 5.01. The number of hydrogen-bond acceptors (Lipinski definition) is 10. The van der Waals surface area contributed by atoms with E-state index in [1.807, 2.05) is 40.6 Å². The van der Waals surface area contributed by atoms with Gasteiger partial charge >= 0.3 is 0 Å². The van der Waals surface area contributed by atoms with Crippen LogP contribution in [0.4, 0.5) is 0 Å². The highest BCUT2D eigenvalue weighted by Crippen LogP contribution is 2.23. The lowest BCUT2D eigenvalue weighted by Crippen LogP contribution is -2.31. The Labute approximate surface area is 205 Å². The first-order chi connectivity index (χ1) is 16.6. The van der Waals surface area contributed by atoms with Crippen LogP contribution in [0, 0.1) is 13.8 Å². The normalized spacial score (nSPS) is 12.6. The second-order valence-corrected chi connectivity index (χ2v) is 9.71. The minimum Gasteiger partial charge on any atom is -0.338 e. The van der Waals surface area contributed by atoms with Crippen LogP contribution in [-0.2, 0) is 13.1 Å². The van der Waals surface area contributed by atoms with Crippen LogP contribution in [0.15, 0.2) is 48.8 Å². The lowest BCUT2D eigenvalue weighted by atomic mass is 10.2. The summed E-state index contributed by atoms with van der Waals surface area (Å²) in [4.78, 5) is 11.4. The number of nitrogens with zero attached hydrogens (tertiary/aromatic N) is 7. The van der Waals surface area contributed by atoms with Crippen molar-refractivity contribution >= 4 is 22.7 Å². The molecule has 0 aliphatic rings. The molecule has 1 unspecified atom stereocenters. The van der Waals surface area contributed by atoms with E-state index in [0.29, 0.717) is 43.1 Å². The van der Waals surface area contributed by atoms with Gasteiger partial charge in [0.05, 0.1) is 24.8 Å². The van der Waals surface area contributed by atoms with Gasteiger partial charge in [-0.2, -0.15) is 37.7 Å². The predicted molar refractivity (Wildman–Crippen MR) is 130 cm³/mol. The van der Waals surface area contributed by atoms with Crippen molar-refractivity contribution in [2.24, 2.45) is 0 Å². The Bertz CT molecular complexity index is 1250. The van der Waals surface area contributed by atoms with Crippen LogP contribution in [0.5, 0.6) is 0 Å². The van der Waals surface area contributed by atoms with Crippen molar-refractivity contribution < 1.29 is 9.05 Å². The largest absolute Gasteiger partial charge is 0.338 e. The maximum Gasteiger partial charge on any atom is 0.241 e. The molecule has 0 spiro atoms. The van der Waals surface area contributed by atoms with Crippen molar-refractivity contribution in [3.05, 3.63) is 62.9 Å². The van der Waals surface area contributed by atoms with Gasteiger partial charge in [0.15, 0.2) is 0 Å². The second-order valence-electron chi connectivity index (χ2n) is 8.15. The van der Waals surface area contributed by atoms with Gasteiger partial charge < -0.3 is 9.05 Å². The molecule has 0 fully saturated rings. The lowest BCUT2D eigenvalue weighted by molar-refractivity contribution is 0.161. The van der Waals surface area contributed by atoms with Crippen molar-refractivity contribution in [1.29, 1.82) is 0 Å². The summed E-state index contributed by atoms with van der Waals surface area (Å²) in [6, 6.07) is 6.24. The fraction of sp³-hybridized carbons (Fsp3) is 0.348. The van der Waals surface area contributed by atoms with Crippen LogP contribution >= 0.6 is 22.7 Å². The number of aryl methyl sites for hydroxylation is 2. The Balaban J connectivity index is 1.38. The number of hydrogen-bond donors (Lipinski definition) is 0. The summed E-state index contributed by atoms with van der Waals surface area (Å²) in [5.74, 6) is 2.28. The highest BCUT2D eigenvalue weighted by molar-refractivity contribution is 7.08. The minimum atomic E-state index is 0.173. The van der Waals surface area contributed by atoms with E-state index in [1.54, 1.807) is 22.7 Å². The van der Waals surface area contributed by atoms with Gasteiger partial charge in [-0.05, 0) is 49.2 Å². The van der Waals surface area contributed by atoms with Gasteiger partial charge in [0.25, 0.3) is 0 Å². The average Bonchev–Trinajstić information content (AvgIpc) is 3.64. The molecule has 11 heteroatoms. The summed E-state index contributed by atoms with van der Waals surface area (Å²) in [5, 5.41) is 21.0. The minimum absolute atomic E-state index is 0.173.